The third-order valence-electron chi connectivity index (χ3n) is 5.69. The Kier molecular flexibility index (Phi) is 4.78. The molecule has 0 aromatic heterocycles. The van der Waals surface area contributed by atoms with Gasteiger partial charge in [0, 0.05) is 29.7 Å². The highest BCUT2D eigenvalue weighted by Crippen LogP contribution is 2.50. The average Bonchev–Trinajstić information content (AvgIpc) is 3.08. The zero-order valence-electron chi connectivity index (χ0n) is 14.7. The fourth-order valence-corrected chi connectivity index (χ4v) is 6.54. The molecule has 2 aliphatic heterocycles. The van der Waals surface area contributed by atoms with Gasteiger partial charge >= 0.3 is 0 Å². The number of benzene rings is 2. The van der Waals surface area contributed by atoms with Gasteiger partial charge in [0.1, 0.15) is 10.7 Å². The first-order valence-electron chi connectivity index (χ1n) is 8.75. The molecule has 8 heteroatoms. The van der Waals surface area contributed by atoms with E-state index in [4.69, 9.17) is 0 Å². The Morgan fingerprint density at radius 1 is 1.26 bits per heavy atom. The first-order valence-corrected chi connectivity index (χ1v) is 11.0. The molecular formula is C19H20BrFN2O3S. The van der Waals surface area contributed by atoms with Crippen molar-refractivity contribution in [1.29, 1.82) is 0 Å². The van der Waals surface area contributed by atoms with Gasteiger partial charge in [-0.1, -0.05) is 28.1 Å². The van der Waals surface area contributed by atoms with Crippen molar-refractivity contribution < 1.29 is 17.9 Å². The summed E-state index contributed by atoms with van der Waals surface area (Å²) in [5.74, 6) is -0.814. The third-order valence-corrected chi connectivity index (χ3v) is 8.10. The Bertz CT molecular complexity index is 985. The van der Waals surface area contributed by atoms with Crippen molar-refractivity contribution >= 4 is 31.6 Å². The molecule has 0 aliphatic carbocycles. The van der Waals surface area contributed by atoms with Crippen LogP contribution in [0.15, 0.2) is 51.8 Å². The number of anilines is 1. The summed E-state index contributed by atoms with van der Waals surface area (Å²) in [6.07, 6.45) is 0.611. The average molecular weight is 455 g/mol. The highest BCUT2D eigenvalue weighted by atomic mass is 79.9. The molecule has 0 radical (unpaired) electrons. The molecule has 0 unspecified atom stereocenters. The van der Waals surface area contributed by atoms with Crippen molar-refractivity contribution in [1.82, 2.24) is 4.31 Å². The second kappa shape index (κ2) is 6.84. The number of rotatable bonds is 3. The lowest BCUT2D eigenvalue weighted by atomic mass is 9.82. The minimum Gasteiger partial charge on any atom is -0.394 e. The van der Waals surface area contributed by atoms with Crippen molar-refractivity contribution in [3.63, 3.8) is 0 Å². The van der Waals surface area contributed by atoms with Gasteiger partial charge in [-0.15, -0.1) is 0 Å². The monoisotopic (exact) mass is 454 g/mol. The van der Waals surface area contributed by atoms with Gasteiger partial charge in [0.15, 0.2) is 0 Å². The van der Waals surface area contributed by atoms with Crippen LogP contribution in [0.25, 0.3) is 0 Å². The van der Waals surface area contributed by atoms with Crippen LogP contribution in [-0.2, 0) is 10.0 Å². The Hall–Kier alpha value is -1.48. The number of fused-ring (bicyclic) bond motifs is 3. The van der Waals surface area contributed by atoms with Gasteiger partial charge in [-0.05, 0) is 42.3 Å². The van der Waals surface area contributed by atoms with Gasteiger partial charge in [-0.2, -0.15) is 4.31 Å². The predicted molar refractivity (Wildman–Crippen MR) is 105 cm³/mol. The van der Waals surface area contributed by atoms with Gasteiger partial charge in [-0.3, -0.25) is 0 Å². The Labute approximate surface area is 166 Å². The molecule has 1 fully saturated rings. The zero-order chi connectivity index (χ0) is 19.3. The zero-order valence-corrected chi connectivity index (χ0v) is 17.1. The van der Waals surface area contributed by atoms with E-state index in [2.05, 4.69) is 15.9 Å². The molecule has 0 amide bonds. The molecule has 2 heterocycles. The molecule has 1 saturated heterocycles. The molecule has 0 spiro atoms. The largest absolute Gasteiger partial charge is 0.394 e. The quantitative estimate of drug-likeness (QED) is 0.773. The van der Waals surface area contributed by atoms with Gasteiger partial charge in [0.25, 0.3) is 0 Å². The maximum Gasteiger partial charge on any atom is 0.246 e. The molecule has 3 atom stereocenters. The standard InChI is InChI=1S/C19H20BrFN2O3S/c1-22-16-7-6-12(20)10-14(16)19-13(17(22)11-24)8-9-23(19)27(25,26)18-5-3-2-4-15(18)21/h2-7,10,13,17,19,24H,8-9,11H2,1H3/t13-,17-,19-/m0/s1. The lowest BCUT2D eigenvalue weighted by Gasteiger charge is -2.44. The van der Waals surface area contributed by atoms with Crippen LogP contribution in [0.1, 0.15) is 18.0 Å². The van der Waals surface area contributed by atoms with Crippen molar-refractivity contribution in [2.75, 3.05) is 25.1 Å². The second-order valence-electron chi connectivity index (χ2n) is 7.01. The SMILES string of the molecule is CN1c2ccc(Br)cc2[C@@H]2[C@@H](CCN2S(=O)(=O)c2ccccc2F)[C@@H]1CO. The summed E-state index contributed by atoms with van der Waals surface area (Å²) in [4.78, 5) is 1.71. The second-order valence-corrected chi connectivity index (χ2v) is 9.78. The number of likely N-dealkylation sites (N-methyl/N-ethyl adjacent to an activating group) is 1. The molecule has 2 aromatic rings. The van der Waals surface area contributed by atoms with Crippen LogP contribution in [0, 0.1) is 11.7 Å². The summed E-state index contributed by atoms with van der Waals surface area (Å²) in [6.45, 7) is 0.225. The topological polar surface area (TPSA) is 60.9 Å². The van der Waals surface area contributed by atoms with Gasteiger partial charge in [0.2, 0.25) is 10.0 Å². The minimum absolute atomic E-state index is 0.0663. The number of hydrogen-bond donors (Lipinski definition) is 1. The molecule has 0 bridgehead atoms. The highest BCUT2D eigenvalue weighted by molar-refractivity contribution is 9.10. The first kappa shape index (κ1) is 18.9. The summed E-state index contributed by atoms with van der Waals surface area (Å²) in [6, 6.07) is 10.6. The van der Waals surface area contributed by atoms with Crippen molar-refractivity contribution in [3.8, 4) is 0 Å². The van der Waals surface area contributed by atoms with Crippen molar-refractivity contribution in [2.45, 2.75) is 23.4 Å². The highest BCUT2D eigenvalue weighted by Gasteiger charge is 2.50. The lowest BCUT2D eigenvalue weighted by molar-refractivity contribution is 0.193. The van der Waals surface area contributed by atoms with E-state index in [1.165, 1.54) is 22.5 Å². The fourth-order valence-electron chi connectivity index (χ4n) is 4.43. The number of hydrogen-bond acceptors (Lipinski definition) is 4. The van der Waals surface area contributed by atoms with E-state index in [1.54, 1.807) is 0 Å². The predicted octanol–water partition coefficient (Wildman–Crippen LogP) is 3.15. The Balaban J connectivity index is 1.87. The minimum atomic E-state index is -4.00. The Morgan fingerprint density at radius 3 is 2.70 bits per heavy atom. The molecule has 4 rings (SSSR count). The molecular weight excluding hydrogens is 435 g/mol. The van der Waals surface area contributed by atoms with E-state index in [1.807, 2.05) is 30.1 Å². The van der Waals surface area contributed by atoms with E-state index in [0.29, 0.717) is 13.0 Å². The smallest absolute Gasteiger partial charge is 0.246 e. The van der Waals surface area contributed by atoms with Crippen LogP contribution < -0.4 is 4.90 Å². The van der Waals surface area contributed by atoms with E-state index in [-0.39, 0.29) is 23.5 Å². The van der Waals surface area contributed by atoms with Gasteiger partial charge < -0.3 is 10.0 Å². The summed E-state index contributed by atoms with van der Waals surface area (Å²) in [5, 5.41) is 9.96. The number of aliphatic hydroxyl groups excluding tert-OH is 1. The van der Waals surface area contributed by atoms with Crippen LogP contribution in [0.5, 0.6) is 0 Å². The van der Waals surface area contributed by atoms with Crippen molar-refractivity contribution in [3.05, 3.63) is 58.3 Å². The summed E-state index contributed by atoms with van der Waals surface area (Å²) in [5.41, 5.74) is 1.76. The molecule has 2 aromatic carbocycles. The first-order chi connectivity index (χ1) is 12.9. The summed E-state index contributed by atoms with van der Waals surface area (Å²) < 4.78 is 43.1. The Morgan fingerprint density at radius 2 is 2.00 bits per heavy atom. The number of sulfonamides is 1. The maximum atomic E-state index is 14.3. The molecule has 144 valence electrons. The number of halogens is 2. The fraction of sp³-hybridized carbons (Fsp3) is 0.368. The van der Waals surface area contributed by atoms with E-state index < -0.39 is 21.9 Å². The summed E-state index contributed by atoms with van der Waals surface area (Å²) >= 11 is 3.47. The summed E-state index contributed by atoms with van der Waals surface area (Å²) in [7, 11) is -2.09. The number of nitrogens with zero attached hydrogens (tertiary/aromatic N) is 2. The van der Waals surface area contributed by atoms with Crippen LogP contribution in [0.3, 0.4) is 0 Å². The van der Waals surface area contributed by atoms with Crippen LogP contribution in [0.4, 0.5) is 10.1 Å². The van der Waals surface area contributed by atoms with Crippen LogP contribution in [0.2, 0.25) is 0 Å². The number of aliphatic hydroxyl groups is 1. The third kappa shape index (κ3) is 2.90. The van der Waals surface area contributed by atoms with Gasteiger partial charge in [0.05, 0.1) is 18.7 Å². The lowest BCUT2D eigenvalue weighted by Crippen LogP contribution is -2.48. The van der Waals surface area contributed by atoms with E-state index >= 15 is 0 Å². The van der Waals surface area contributed by atoms with Crippen LogP contribution in [-0.4, -0.2) is 44.1 Å². The molecule has 5 nitrogen and oxygen atoms in total. The van der Waals surface area contributed by atoms with E-state index in [0.717, 1.165) is 21.8 Å². The maximum absolute atomic E-state index is 14.3. The molecule has 0 saturated carbocycles. The van der Waals surface area contributed by atoms with Gasteiger partial charge in [-0.25, -0.2) is 12.8 Å². The molecule has 27 heavy (non-hydrogen) atoms. The van der Waals surface area contributed by atoms with Crippen LogP contribution >= 0.6 is 15.9 Å². The van der Waals surface area contributed by atoms with Crippen molar-refractivity contribution in [2.24, 2.45) is 5.92 Å². The van der Waals surface area contributed by atoms with E-state index in [9.17, 15) is 17.9 Å². The molecule has 1 N–H and O–H groups in total. The molecule has 2 aliphatic rings. The normalized spacial score (nSPS) is 25.3.